The molecule has 2 rings (SSSR count). The summed E-state index contributed by atoms with van der Waals surface area (Å²) in [4.78, 5) is 12.0. The van der Waals surface area contributed by atoms with Gasteiger partial charge in [0.05, 0.1) is 5.56 Å². The van der Waals surface area contributed by atoms with E-state index < -0.39 is 17.2 Å². The minimum atomic E-state index is -4.39. The largest absolute Gasteiger partial charge is 0.416 e. The van der Waals surface area contributed by atoms with Crippen molar-refractivity contribution >= 4 is 5.91 Å². The Labute approximate surface area is 139 Å². The van der Waals surface area contributed by atoms with Crippen LogP contribution in [-0.4, -0.2) is 32.2 Å². The Morgan fingerprint density at radius 1 is 1.38 bits per heavy atom. The predicted octanol–water partition coefficient (Wildman–Crippen LogP) is 2.46. The first kappa shape index (κ1) is 18.7. The summed E-state index contributed by atoms with van der Waals surface area (Å²) in [6.45, 7) is 3.14. The number of hydrogen-bond donors (Lipinski definition) is 2. The predicted molar refractivity (Wildman–Crippen MR) is 84.4 cm³/mol. The van der Waals surface area contributed by atoms with Gasteiger partial charge in [-0.2, -0.15) is 13.2 Å². The molecule has 1 aliphatic rings. The molecule has 1 amide bonds. The van der Waals surface area contributed by atoms with Crippen LogP contribution in [0.2, 0.25) is 0 Å². The Morgan fingerprint density at radius 2 is 2.04 bits per heavy atom. The first-order valence-corrected chi connectivity index (χ1v) is 8.02. The lowest BCUT2D eigenvalue weighted by Gasteiger charge is -2.38. The second-order valence-corrected chi connectivity index (χ2v) is 6.33. The summed E-state index contributed by atoms with van der Waals surface area (Å²) in [6, 6.07) is 5.36. The summed E-state index contributed by atoms with van der Waals surface area (Å²) < 4.78 is 44.4. The molecule has 24 heavy (non-hydrogen) atoms. The highest BCUT2D eigenvalue weighted by Gasteiger charge is 2.37. The third-order valence-electron chi connectivity index (χ3n) is 4.65. The highest BCUT2D eigenvalue weighted by atomic mass is 19.4. The molecular weight excluding hydrogens is 321 g/mol. The van der Waals surface area contributed by atoms with Crippen molar-refractivity contribution in [2.24, 2.45) is 11.7 Å². The molecule has 0 bridgehead atoms. The normalized spacial score (nSPS) is 18.9. The van der Waals surface area contributed by atoms with E-state index in [1.54, 1.807) is 13.0 Å². The first-order chi connectivity index (χ1) is 11.3. The number of benzene rings is 1. The lowest BCUT2D eigenvalue weighted by molar-refractivity contribution is -0.137. The number of nitrogens with two attached hydrogens (primary N) is 1. The molecule has 1 atom stereocenters. The fourth-order valence-electron chi connectivity index (χ4n) is 2.89. The number of halogens is 3. The van der Waals surface area contributed by atoms with E-state index in [2.05, 4.69) is 5.32 Å². The van der Waals surface area contributed by atoms with E-state index in [0.29, 0.717) is 31.6 Å². The second-order valence-electron chi connectivity index (χ2n) is 6.33. The molecule has 134 valence electrons. The van der Waals surface area contributed by atoms with Crippen LogP contribution in [0, 0.1) is 5.92 Å². The van der Waals surface area contributed by atoms with Crippen LogP contribution in [0.5, 0.6) is 0 Å². The highest BCUT2D eigenvalue weighted by Crippen LogP contribution is 2.37. The number of hydrogen-bond acceptors (Lipinski definition) is 3. The number of carbonyl (C=O) groups excluding carboxylic acids is 1. The molecule has 1 fully saturated rings. The van der Waals surface area contributed by atoms with Crippen LogP contribution in [0.3, 0.4) is 0 Å². The van der Waals surface area contributed by atoms with Gasteiger partial charge in [-0.3, -0.25) is 4.79 Å². The summed E-state index contributed by atoms with van der Waals surface area (Å²) >= 11 is 0. The van der Waals surface area contributed by atoms with Crippen LogP contribution in [0.25, 0.3) is 0 Å². The third-order valence-corrected chi connectivity index (χ3v) is 4.65. The maximum absolute atomic E-state index is 13.0. The molecule has 4 nitrogen and oxygen atoms in total. The standard InChI is InChI=1S/C17H23F3N2O2/c1-12(10-21)15(23)22-11-16(5-7-24-8-6-16)13-3-2-4-14(9-13)17(18,19)20/h2-4,9,12H,5-8,10-11,21H2,1H3,(H,22,23). The smallest absolute Gasteiger partial charge is 0.381 e. The van der Waals surface area contributed by atoms with Gasteiger partial charge < -0.3 is 15.8 Å². The average Bonchev–Trinajstić information content (AvgIpc) is 2.59. The van der Waals surface area contributed by atoms with E-state index in [-0.39, 0.29) is 24.9 Å². The molecule has 0 aromatic heterocycles. The zero-order chi connectivity index (χ0) is 17.8. The summed E-state index contributed by atoms with van der Waals surface area (Å²) in [5.41, 5.74) is 4.85. The van der Waals surface area contributed by atoms with E-state index in [1.165, 1.54) is 12.1 Å². The van der Waals surface area contributed by atoms with Crippen LogP contribution in [0.1, 0.15) is 30.9 Å². The van der Waals surface area contributed by atoms with Crippen LogP contribution >= 0.6 is 0 Å². The molecule has 1 saturated heterocycles. The van der Waals surface area contributed by atoms with Gasteiger partial charge in [0.15, 0.2) is 0 Å². The van der Waals surface area contributed by atoms with Gasteiger partial charge >= 0.3 is 6.18 Å². The van der Waals surface area contributed by atoms with Crippen molar-refractivity contribution in [1.82, 2.24) is 5.32 Å². The maximum Gasteiger partial charge on any atom is 0.416 e. The molecule has 1 unspecified atom stereocenters. The van der Waals surface area contributed by atoms with Gasteiger partial charge in [-0.25, -0.2) is 0 Å². The van der Waals surface area contributed by atoms with Crippen molar-refractivity contribution in [2.45, 2.75) is 31.4 Å². The number of rotatable bonds is 5. The van der Waals surface area contributed by atoms with Gasteiger partial charge in [0, 0.05) is 37.6 Å². The van der Waals surface area contributed by atoms with Gasteiger partial charge in [0.25, 0.3) is 0 Å². The van der Waals surface area contributed by atoms with E-state index in [0.717, 1.165) is 6.07 Å². The van der Waals surface area contributed by atoms with Crippen molar-refractivity contribution < 1.29 is 22.7 Å². The van der Waals surface area contributed by atoms with Crippen LogP contribution in [0.15, 0.2) is 24.3 Å². The minimum Gasteiger partial charge on any atom is -0.381 e. The number of ether oxygens (including phenoxy) is 1. The molecule has 0 spiro atoms. The zero-order valence-corrected chi connectivity index (χ0v) is 13.7. The Bertz CT molecular complexity index is 569. The van der Waals surface area contributed by atoms with Crippen molar-refractivity contribution in [3.8, 4) is 0 Å². The van der Waals surface area contributed by atoms with Crippen molar-refractivity contribution in [1.29, 1.82) is 0 Å². The van der Waals surface area contributed by atoms with Gasteiger partial charge in [0.1, 0.15) is 0 Å². The number of carbonyl (C=O) groups is 1. The molecule has 3 N–H and O–H groups in total. The zero-order valence-electron chi connectivity index (χ0n) is 13.7. The molecule has 0 saturated carbocycles. The van der Waals surface area contributed by atoms with Crippen molar-refractivity contribution in [2.75, 3.05) is 26.3 Å². The Hall–Kier alpha value is -1.60. The molecule has 0 aliphatic carbocycles. The second kappa shape index (κ2) is 7.53. The van der Waals surface area contributed by atoms with E-state index in [1.807, 2.05) is 0 Å². The SMILES string of the molecule is CC(CN)C(=O)NCC1(c2cccc(C(F)(F)F)c2)CCOCC1. The lowest BCUT2D eigenvalue weighted by Crippen LogP contribution is -2.46. The number of nitrogens with one attached hydrogen (secondary N) is 1. The molecule has 1 aromatic carbocycles. The highest BCUT2D eigenvalue weighted by molar-refractivity contribution is 5.78. The molecule has 1 aliphatic heterocycles. The first-order valence-electron chi connectivity index (χ1n) is 8.02. The van der Waals surface area contributed by atoms with E-state index in [4.69, 9.17) is 10.5 Å². The van der Waals surface area contributed by atoms with Gasteiger partial charge in [-0.05, 0) is 24.5 Å². The average molecular weight is 344 g/mol. The number of alkyl halides is 3. The molecule has 7 heteroatoms. The topological polar surface area (TPSA) is 64.4 Å². The summed E-state index contributed by atoms with van der Waals surface area (Å²) in [5.74, 6) is -0.515. The minimum absolute atomic E-state index is 0.185. The van der Waals surface area contributed by atoms with Crippen molar-refractivity contribution in [3.63, 3.8) is 0 Å². The van der Waals surface area contributed by atoms with Gasteiger partial charge in [0.2, 0.25) is 5.91 Å². The summed E-state index contributed by atoms with van der Waals surface area (Å²) in [5, 5.41) is 2.84. The van der Waals surface area contributed by atoms with Crippen LogP contribution in [0.4, 0.5) is 13.2 Å². The molecular formula is C17H23F3N2O2. The van der Waals surface area contributed by atoms with E-state index >= 15 is 0 Å². The Morgan fingerprint density at radius 3 is 2.62 bits per heavy atom. The molecule has 1 aromatic rings. The lowest BCUT2D eigenvalue weighted by atomic mass is 9.73. The fourth-order valence-corrected chi connectivity index (χ4v) is 2.89. The third kappa shape index (κ3) is 4.27. The maximum atomic E-state index is 13.0. The molecule has 0 radical (unpaired) electrons. The van der Waals surface area contributed by atoms with Gasteiger partial charge in [-0.1, -0.05) is 25.1 Å². The Kier molecular flexibility index (Phi) is 5.87. The van der Waals surface area contributed by atoms with Gasteiger partial charge in [-0.15, -0.1) is 0 Å². The van der Waals surface area contributed by atoms with E-state index in [9.17, 15) is 18.0 Å². The van der Waals surface area contributed by atoms with Crippen LogP contribution < -0.4 is 11.1 Å². The summed E-state index contributed by atoms with van der Waals surface area (Å²) in [7, 11) is 0. The quantitative estimate of drug-likeness (QED) is 0.862. The monoisotopic (exact) mass is 344 g/mol. The Balaban J connectivity index is 2.26. The van der Waals surface area contributed by atoms with Crippen LogP contribution in [-0.2, 0) is 21.1 Å². The molecule has 1 heterocycles. The summed E-state index contributed by atoms with van der Waals surface area (Å²) in [6.07, 6.45) is -3.27. The number of amides is 1. The fraction of sp³-hybridized carbons (Fsp3) is 0.588. The van der Waals surface area contributed by atoms with Crippen molar-refractivity contribution in [3.05, 3.63) is 35.4 Å².